The molecule has 0 saturated carbocycles. The second-order valence-corrected chi connectivity index (χ2v) is 5.19. The molecule has 0 aliphatic carbocycles. The minimum atomic E-state index is -0.730. The highest BCUT2D eigenvalue weighted by Gasteiger charge is 2.48. The van der Waals surface area contributed by atoms with Crippen LogP contribution in [0.4, 0.5) is 0 Å². The van der Waals surface area contributed by atoms with Crippen LogP contribution >= 0.6 is 0 Å². The lowest BCUT2D eigenvalue weighted by molar-refractivity contribution is -0.151. The maximum atomic E-state index is 11.8. The van der Waals surface area contributed by atoms with Crippen molar-refractivity contribution in [2.45, 2.75) is 51.1 Å². The predicted octanol–water partition coefficient (Wildman–Crippen LogP) is 2.26. The number of nitrogens with zero attached hydrogens (tertiary/aromatic N) is 3. The lowest BCUT2D eigenvalue weighted by atomic mass is 9.89. The van der Waals surface area contributed by atoms with Crippen LogP contribution in [0.3, 0.4) is 0 Å². The molecule has 5 heteroatoms. The molecule has 1 fully saturated rings. The Morgan fingerprint density at radius 1 is 1.58 bits per heavy atom. The van der Waals surface area contributed by atoms with Crippen molar-refractivity contribution >= 4 is 5.97 Å². The van der Waals surface area contributed by atoms with Crippen LogP contribution in [0.1, 0.15) is 51.3 Å². The summed E-state index contributed by atoms with van der Waals surface area (Å²) in [5.41, 5.74) is 0.109. The van der Waals surface area contributed by atoms with E-state index in [-0.39, 0.29) is 6.04 Å². The van der Waals surface area contributed by atoms with Crippen molar-refractivity contribution < 1.29 is 9.90 Å². The van der Waals surface area contributed by atoms with E-state index in [1.54, 1.807) is 18.6 Å². The topological polar surface area (TPSA) is 66.3 Å². The molecule has 2 rings (SSSR count). The lowest BCUT2D eigenvalue weighted by Crippen LogP contribution is -2.51. The van der Waals surface area contributed by atoms with Crippen molar-refractivity contribution in [2.75, 3.05) is 6.54 Å². The van der Waals surface area contributed by atoms with Gasteiger partial charge in [0.1, 0.15) is 5.54 Å². The third-order valence-electron chi connectivity index (χ3n) is 4.08. The normalized spacial score (nSPS) is 25.4. The van der Waals surface area contributed by atoms with Gasteiger partial charge >= 0.3 is 5.97 Å². The molecule has 19 heavy (non-hydrogen) atoms. The van der Waals surface area contributed by atoms with E-state index in [4.69, 9.17) is 0 Å². The van der Waals surface area contributed by atoms with Crippen LogP contribution < -0.4 is 0 Å². The zero-order valence-corrected chi connectivity index (χ0v) is 11.5. The number of aliphatic carboxylic acids is 1. The van der Waals surface area contributed by atoms with Gasteiger partial charge in [0.05, 0.1) is 11.7 Å². The van der Waals surface area contributed by atoms with E-state index >= 15 is 0 Å². The number of carbonyl (C=O) groups is 1. The van der Waals surface area contributed by atoms with E-state index < -0.39 is 11.5 Å². The average Bonchev–Trinajstić information content (AvgIpc) is 2.84. The third kappa shape index (κ3) is 2.47. The zero-order valence-electron chi connectivity index (χ0n) is 11.5. The SMILES string of the molecule is CCCC1(C(=O)O)CCCN1C(C)c1cnccn1. The first-order chi connectivity index (χ1) is 9.12. The molecule has 0 radical (unpaired) electrons. The minimum Gasteiger partial charge on any atom is -0.480 e. The summed E-state index contributed by atoms with van der Waals surface area (Å²) in [7, 11) is 0. The molecule has 2 atom stereocenters. The van der Waals surface area contributed by atoms with E-state index in [9.17, 15) is 9.90 Å². The van der Waals surface area contributed by atoms with Crippen LogP contribution in [0, 0.1) is 0 Å². The second kappa shape index (κ2) is 5.65. The van der Waals surface area contributed by atoms with E-state index in [1.807, 2.05) is 13.8 Å². The monoisotopic (exact) mass is 263 g/mol. The highest BCUT2D eigenvalue weighted by molar-refractivity contribution is 5.79. The Kier molecular flexibility index (Phi) is 4.14. The van der Waals surface area contributed by atoms with Gasteiger partial charge in [0.15, 0.2) is 0 Å². The van der Waals surface area contributed by atoms with E-state index in [0.29, 0.717) is 6.42 Å². The molecule has 1 aliphatic rings. The molecule has 104 valence electrons. The molecule has 1 saturated heterocycles. The largest absolute Gasteiger partial charge is 0.480 e. The summed E-state index contributed by atoms with van der Waals surface area (Å²) in [6.07, 6.45) is 8.23. The number of hydrogen-bond acceptors (Lipinski definition) is 4. The smallest absolute Gasteiger partial charge is 0.324 e. The highest BCUT2D eigenvalue weighted by atomic mass is 16.4. The van der Waals surface area contributed by atoms with Gasteiger partial charge in [0, 0.05) is 18.6 Å². The van der Waals surface area contributed by atoms with Gasteiger partial charge in [-0.1, -0.05) is 13.3 Å². The first kappa shape index (κ1) is 13.9. The summed E-state index contributed by atoms with van der Waals surface area (Å²) >= 11 is 0. The molecule has 0 amide bonds. The lowest BCUT2D eigenvalue weighted by Gasteiger charge is -2.38. The Bertz CT molecular complexity index is 438. The molecular formula is C14H21N3O2. The molecule has 2 heterocycles. The third-order valence-corrected chi connectivity index (χ3v) is 4.08. The van der Waals surface area contributed by atoms with Crippen LogP contribution in [-0.2, 0) is 4.79 Å². The van der Waals surface area contributed by atoms with Gasteiger partial charge in [0.2, 0.25) is 0 Å². The number of likely N-dealkylation sites (tertiary alicyclic amines) is 1. The Hall–Kier alpha value is -1.49. The van der Waals surface area contributed by atoms with Gasteiger partial charge in [-0.2, -0.15) is 0 Å². The number of hydrogen-bond donors (Lipinski definition) is 1. The number of aromatic nitrogens is 2. The van der Waals surface area contributed by atoms with E-state index in [2.05, 4.69) is 14.9 Å². The molecule has 0 aromatic carbocycles. The van der Waals surface area contributed by atoms with Crippen molar-refractivity contribution in [1.82, 2.24) is 14.9 Å². The maximum Gasteiger partial charge on any atom is 0.324 e. The first-order valence-corrected chi connectivity index (χ1v) is 6.88. The minimum absolute atomic E-state index is 0.0150. The van der Waals surface area contributed by atoms with Crippen LogP contribution in [0.5, 0.6) is 0 Å². The molecule has 2 unspecified atom stereocenters. The van der Waals surface area contributed by atoms with Gasteiger partial charge in [-0.05, 0) is 32.7 Å². The Morgan fingerprint density at radius 2 is 2.37 bits per heavy atom. The van der Waals surface area contributed by atoms with Crippen LogP contribution in [0.25, 0.3) is 0 Å². The molecule has 0 bridgehead atoms. The Labute approximate surface area is 113 Å². The Balaban J connectivity index is 2.29. The molecular weight excluding hydrogens is 242 g/mol. The number of rotatable bonds is 5. The summed E-state index contributed by atoms with van der Waals surface area (Å²) in [6, 6.07) is -0.0150. The fraction of sp³-hybridized carbons (Fsp3) is 0.643. The molecule has 5 nitrogen and oxygen atoms in total. The van der Waals surface area contributed by atoms with Crippen LogP contribution in [0.15, 0.2) is 18.6 Å². The van der Waals surface area contributed by atoms with Crippen LogP contribution in [0.2, 0.25) is 0 Å². The van der Waals surface area contributed by atoms with E-state index in [1.165, 1.54) is 0 Å². The molecule has 1 N–H and O–H groups in total. The molecule has 1 aromatic rings. The van der Waals surface area contributed by atoms with Gasteiger partial charge in [-0.25, -0.2) is 0 Å². The highest BCUT2D eigenvalue weighted by Crippen LogP contribution is 2.39. The Morgan fingerprint density at radius 3 is 2.95 bits per heavy atom. The fourth-order valence-electron chi connectivity index (χ4n) is 3.17. The summed E-state index contributed by atoms with van der Waals surface area (Å²) in [4.78, 5) is 22.3. The van der Waals surface area contributed by atoms with Crippen molar-refractivity contribution in [2.24, 2.45) is 0 Å². The quantitative estimate of drug-likeness (QED) is 0.882. The van der Waals surface area contributed by atoms with Gasteiger partial charge in [-0.15, -0.1) is 0 Å². The predicted molar refractivity (Wildman–Crippen MR) is 71.7 cm³/mol. The van der Waals surface area contributed by atoms with Crippen LogP contribution in [-0.4, -0.2) is 38.0 Å². The van der Waals surface area contributed by atoms with Crippen molar-refractivity contribution in [3.63, 3.8) is 0 Å². The summed E-state index contributed by atoms with van der Waals surface area (Å²) in [5, 5.41) is 9.68. The van der Waals surface area contributed by atoms with Crippen molar-refractivity contribution in [1.29, 1.82) is 0 Å². The number of carboxylic acid groups (broad SMARTS) is 1. The molecule has 0 spiro atoms. The number of carboxylic acids is 1. The second-order valence-electron chi connectivity index (χ2n) is 5.19. The maximum absolute atomic E-state index is 11.8. The summed E-state index contributed by atoms with van der Waals surface area (Å²) in [6.45, 7) is 4.86. The molecule has 1 aliphatic heterocycles. The fourth-order valence-corrected chi connectivity index (χ4v) is 3.17. The van der Waals surface area contributed by atoms with Gasteiger partial charge in [-0.3, -0.25) is 19.7 Å². The first-order valence-electron chi connectivity index (χ1n) is 6.88. The van der Waals surface area contributed by atoms with Gasteiger partial charge in [0.25, 0.3) is 0 Å². The average molecular weight is 263 g/mol. The van der Waals surface area contributed by atoms with Crippen molar-refractivity contribution in [3.05, 3.63) is 24.3 Å². The van der Waals surface area contributed by atoms with E-state index in [0.717, 1.165) is 31.5 Å². The summed E-state index contributed by atoms with van der Waals surface area (Å²) in [5.74, 6) is -0.706. The molecule has 1 aromatic heterocycles. The summed E-state index contributed by atoms with van der Waals surface area (Å²) < 4.78 is 0. The van der Waals surface area contributed by atoms with Crippen molar-refractivity contribution in [3.8, 4) is 0 Å². The standard InChI is InChI=1S/C14H21N3O2/c1-3-5-14(13(18)19)6-4-9-17(14)11(2)12-10-15-7-8-16-12/h7-8,10-11H,3-6,9H2,1-2H3,(H,18,19). The zero-order chi connectivity index (χ0) is 13.9. The van der Waals surface area contributed by atoms with Gasteiger partial charge < -0.3 is 5.11 Å².